The Morgan fingerprint density at radius 3 is 2.40 bits per heavy atom. The lowest BCUT2D eigenvalue weighted by atomic mass is 10.0. The lowest BCUT2D eigenvalue weighted by Crippen LogP contribution is -2.42. The van der Waals surface area contributed by atoms with E-state index in [9.17, 15) is 14.4 Å². The third-order valence-electron chi connectivity index (χ3n) is 4.73. The third kappa shape index (κ3) is 5.16. The van der Waals surface area contributed by atoms with Crippen LogP contribution in [0.3, 0.4) is 0 Å². The smallest absolute Gasteiger partial charge is 0.262 e. The normalized spacial score (nSPS) is 12.1. The zero-order valence-electron chi connectivity index (χ0n) is 17.3. The second kappa shape index (κ2) is 9.71. The molecule has 1 aromatic heterocycles. The summed E-state index contributed by atoms with van der Waals surface area (Å²) in [5.41, 5.74) is 1.47. The Morgan fingerprint density at radius 1 is 1.07 bits per heavy atom. The van der Waals surface area contributed by atoms with Crippen LogP contribution in [0.5, 0.6) is 0 Å². The van der Waals surface area contributed by atoms with E-state index in [1.165, 1.54) is 18.7 Å². The van der Waals surface area contributed by atoms with E-state index in [0.29, 0.717) is 22.5 Å². The molecule has 6 nitrogen and oxygen atoms in total. The van der Waals surface area contributed by atoms with Crippen LogP contribution >= 0.6 is 11.8 Å². The number of para-hydroxylation sites is 1. The van der Waals surface area contributed by atoms with E-state index < -0.39 is 6.04 Å². The second-order valence-corrected chi connectivity index (χ2v) is 8.33. The van der Waals surface area contributed by atoms with Gasteiger partial charge >= 0.3 is 0 Å². The number of benzene rings is 2. The molecule has 7 heteroatoms. The molecular weight excluding hydrogens is 398 g/mol. The molecule has 0 radical (unpaired) electrons. The highest BCUT2D eigenvalue weighted by atomic mass is 32.2. The first-order chi connectivity index (χ1) is 14.4. The van der Waals surface area contributed by atoms with Crippen molar-refractivity contribution in [3.8, 4) is 0 Å². The highest BCUT2D eigenvalue weighted by Gasteiger charge is 2.19. The van der Waals surface area contributed by atoms with E-state index >= 15 is 0 Å². The molecule has 1 unspecified atom stereocenters. The summed E-state index contributed by atoms with van der Waals surface area (Å²) in [7, 11) is 0. The summed E-state index contributed by atoms with van der Waals surface area (Å²) in [4.78, 5) is 42.0. The van der Waals surface area contributed by atoms with Gasteiger partial charge in [0, 0.05) is 6.04 Å². The van der Waals surface area contributed by atoms with Crippen molar-refractivity contribution in [3.05, 3.63) is 70.5 Å². The van der Waals surface area contributed by atoms with Crippen LogP contribution in [-0.4, -0.2) is 33.0 Å². The van der Waals surface area contributed by atoms with E-state index in [4.69, 9.17) is 0 Å². The minimum atomic E-state index is -0.586. The number of carbonyl (C=O) groups is 2. The maximum Gasteiger partial charge on any atom is 0.262 e. The molecule has 0 aliphatic heterocycles. The number of aromatic nitrogens is 2. The quantitative estimate of drug-likeness (QED) is 0.444. The summed E-state index contributed by atoms with van der Waals surface area (Å²) < 4.78 is 1.60. The number of nitrogens with one attached hydrogen (secondary N) is 1. The van der Waals surface area contributed by atoms with Crippen molar-refractivity contribution in [3.63, 3.8) is 0 Å². The minimum Gasteiger partial charge on any atom is -0.345 e. The Bertz CT molecular complexity index is 1110. The van der Waals surface area contributed by atoms with Gasteiger partial charge in [0.1, 0.15) is 0 Å². The zero-order valence-corrected chi connectivity index (χ0v) is 18.1. The van der Waals surface area contributed by atoms with E-state index in [-0.39, 0.29) is 29.0 Å². The second-order valence-electron chi connectivity index (χ2n) is 7.39. The van der Waals surface area contributed by atoms with Crippen LogP contribution in [-0.2, 0) is 16.0 Å². The third-order valence-corrected chi connectivity index (χ3v) is 5.69. The van der Waals surface area contributed by atoms with Crippen molar-refractivity contribution < 1.29 is 9.59 Å². The molecule has 0 aliphatic rings. The Balaban J connectivity index is 1.75. The van der Waals surface area contributed by atoms with Gasteiger partial charge in [0.25, 0.3) is 5.56 Å². The van der Waals surface area contributed by atoms with Crippen molar-refractivity contribution in [2.45, 2.75) is 44.4 Å². The van der Waals surface area contributed by atoms with Gasteiger partial charge in [-0.05, 0) is 44.9 Å². The van der Waals surface area contributed by atoms with Gasteiger partial charge in [-0.3, -0.25) is 19.0 Å². The molecule has 0 fully saturated rings. The first-order valence-corrected chi connectivity index (χ1v) is 10.8. The predicted molar refractivity (Wildman–Crippen MR) is 120 cm³/mol. The van der Waals surface area contributed by atoms with E-state index in [2.05, 4.69) is 10.3 Å². The van der Waals surface area contributed by atoms with Crippen molar-refractivity contribution in [1.82, 2.24) is 14.9 Å². The molecule has 0 saturated heterocycles. The molecule has 0 bridgehead atoms. The number of hydrogen-bond acceptors (Lipinski definition) is 5. The van der Waals surface area contributed by atoms with Crippen LogP contribution < -0.4 is 10.9 Å². The lowest BCUT2D eigenvalue weighted by Gasteiger charge is -2.18. The molecular formula is C23H25N3O3S. The van der Waals surface area contributed by atoms with Crippen LogP contribution in [0.15, 0.2) is 64.5 Å². The molecule has 0 spiro atoms. The molecule has 0 saturated carbocycles. The van der Waals surface area contributed by atoms with Crippen LogP contribution in [0, 0.1) is 0 Å². The molecule has 156 valence electrons. The van der Waals surface area contributed by atoms with E-state index in [0.717, 1.165) is 5.56 Å². The fourth-order valence-corrected chi connectivity index (χ4v) is 4.13. The monoisotopic (exact) mass is 423 g/mol. The van der Waals surface area contributed by atoms with Gasteiger partial charge in [-0.2, -0.15) is 0 Å². The molecule has 1 atom stereocenters. The van der Waals surface area contributed by atoms with Gasteiger partial charge in [0.05, 0.1) is 22.7 Å². The molecule has 30 heavy (non-hydrogen) atoms. The molecule has 3 aromatic rings. The number of fused-ring (bicyclic) bond motifs is 1. The maximum atomic E-state index is 12.9. The number of nitrogens with zero attached hydrogens (tertiary/aromatic N) is 2. The standard InChI is InChI=1S/C23H25N3O3S/c1-15(2)26-22(29)18-11-7-8-12-19(18)25-23(26)30-14-21(28)24-20(16(3)27)13-17-9-5-4-6-10-17/h4-12,15,20H,13-14H2,1-3H3,(H,24,28). The summed E-state index contributed by atoms with van der Waals surface area (Å²) in [6, 6.07) is 16.1. The average Bonchev–Trinajstić information content (AvgIpc) is 2.72. The number of rotatable bonds is 8. The molecule has 2 aromatic carbocycles. The molecule has 3 rings (SSSR count). The van der Waals surface area contributed by atoms with Gasteiger partial charge in [-0.1, -0.05) is 54.2 Å². The fourth-order valence-electron chi connectivity index (χ4n) is 3.20. The fraction of sp³-hybridized carbons (Fsp3) is 0.304. The Hall–Kier alpha value is -2.93. The Morgan fingerprint density at radius 2 is 1.73 bits per heavy atom. The Labute approximate surface area is 179 Å². The van der Waals surface area contributed by atoms with Crippen LogP contribution in [0.4, 0.5) is 0 Å². The lowest BCUT2D eigenvalue weighted by molar-refractivity contribution is -0.125. The van der Waals surface area contributed by atoms with Gasteiger partial charge in [-0.15, -0.1) is 0 Å². The summed E-state index contributed by atoms with van der Waals surface area (Å²) in [6.07, 6.45) is 0.442. The zero-order chi connectivity index (χ0) is 21.7. The number of hydrogen-bond donors (Lipinski definition) is 1. The van der Waals surface area contributed by atoms with Crippen LogP contribution in [0.25, 0.3) is 10.9 Å². The summed E-state index contributed by atoms with van der Waals surface area (Å²) in [5.74, 6) is -0.301. The number of Topliss-reactive ketones (excluding diaryl/α,β-unsaturated/α-hetero) is 1. The summed E-state index contributed by atoms with van der Waals surface area (Å²) in [6.45, 7) is 5.30. The van der Waals surface area contributed by atoms with Gasteiger partial charge in [0.15, 0.2) is 10.9 Å². The summed E-state index contributed by atoms with van der Waals surface area (Å²) >= 11 is 1.20. The minimum absolute atomic E-state index is 0.0655. The van der Waals surface area contributed by atoms with Gasteiger partial charge < -0.3 is 5.32 Å². The predicted octanol–water partition coefficient (Wildman–Crippen LogP) is 3.39. The van der Waals surface area contributed by atoms with Crippen molar-refractivity contribution in [2.24, 2.45) is 0 Å². The largest absolute Gasteiger partial charge is 0.345 e. The van der Waals surface area contributed by atoms with Gasteiger partial charge in [-0.25, -0.2) is 4.98 Å². The van der Waals surface area contributed by atoms with Crippen molar-refractivity contribution in [1.29, 1.82) is 0 Å². The highest BCUT2D eigenvalue weighted by Crippen LogP contribution is 2.20. The van der Waals surface area contributed by atoms with Crippen molar-refractivity contribution >= 4 is 34.4 Å². The first-order valence-electron chi connectivity index (χ1n) is 9.84. The number of amides is 1. The molecule has 1 N–H and O–H groups in total. The van der Waals surface area contributed by atoms with Crippen LogP contribution in [0.1, 0.15) is 32.4 Å². The number of ketones is 1. The van der Waals surface area contributed by atoms with Crippen LogP contribution in [0.2, 0.25) is 0 Å². The molecule has 1 amide bonds. The van der Waals surface area contributed by atoms with Gasteiger partial charge in [0.2, 0.25) is 5.91 Å². The molecule has 0 aliphatic carbocycles. The number of carbonyl (C=O) groups excluding carboxylic acids is 2. The average molecular weight is 424 g/mol. The topological polar surface area (TPSA) is 81.1 Å². The maximum absolute atomic E-state index is 12.9. The number of thioether (sulfide) groups is 1. The van der Waals surface area contributed by atoms with E-state index in [1.807, 2.05) is 56.3 Å². The highest BCUT2D eigenvalue weighted by molar-refractivity contribution is 7.99. The SMILES string of the molecule is CC(=O)C(Cc1ccccc1)NC(=O)CSc1nc2ccccc2c(=O)n1C(C)C. The first kappa shape index (κ1) is 21.8. The summed E-state index contributed by atoms with van der Waals surface area (Å²) in [5, 5.41) is 3.86. The molecule has 1 heterocycles. The Kier molecular flexibility index (Phi) is 7.05. The van der Waals surface area contributed by atoms with Crippen molar-refractivity contribution in [2.75, 3.05) is 5.75 Å². The van der Waals surface area contributed by atoms with E-state index in [1.54, 1.807) is 16.7 Å².